The third kappa shape index (κ3) is 2.59. The van der Waals surface area contributed by atoms with Crippen molar-refractivity contribution in [1.82, 2.24) is 15.2 Å². The van der Waals surface area contributed by atoms with Gasteiger partial charge in [0.05, 0.1) is 11.9 Å². The van der Waals surface area contributed by atoms with Crippen molar-refractivity contribution in [2.75, 3.05) is 6.61 Å². The predicted octanol–water partition coefficient (Wildman–Crippen LogP) is 0.105. The molecule has 4 nitrogen and oxygen atoms in total. The van der Waals surface area contributed by atoms with E-state index in [9.17, 15) is 0 Å². The van der Waals surface area contributed by atoms with Gasteiger partial charge in [-0.2, -0.15) is 5.10 Å². The molecule has 0 radical (unpaired) electrons. The van der Waals surface area contributed by atoms with Crippen LogP contribution in [0.4, 0.5) is 0 Å². The Morgan fingerprint density at radius 3 is 3.00 bits per heavy atom. The smallest absolute Gasteiger partial charge is 0.151 e. The van der Waals surface area contributed by atoms with Crippen LogP contribution in [0.3, 0.4) is 0 Å². The molecular formula is C7H11N3O. The molecule has 0 spiro atoms. The van der Waals surface area contributed by atoms with E-state index in [1.807, 2.05) is 6.92 Å². The van der Waals surface area contributed by atoms with Crippen molar-refractivity contribution in [2.45, 2.75) is 19.8 Å². The highest BCUT2D eigenvalue weighted by molar-refractivity contribution is 4.92. The highest BCUT2D eigenvalue weighted by Crippen LogP contribution is 1.94. The Kier molecular flexibility index (Phi) is 2.92. The van der Waals surface area contributed by atoms with Crippen molar-refractivity contribution in [3.8, 4) is 0 Å². The summed E-state index contributed by atoms with van der Waals surface area (Å²) in [6.45, 7) is 2.05. The minimum Gasteiger partial charge on any atom is -0.396 e. The first kappa shape index (κ1) is 8.07. The van der Waals surface area contributed by atoms with Crippen molar-refractivity contribution < 1.29 is 5.11 Å². The molecule has 0 bridgehead atoms. The molecule has 0 amide bonds. The molecule has 11 heavy (non-hydrogen) atoms. The van der Waals surface area contributed by atoms with E-state index in [4.69, 9.17) is 5.11 Å². The van der Waals surface area contributed by atoms with Gasteiger partial charge in [0.2, 0.25) is 0 Å². The lowest BCUT2D eigenvalue weighted by molar-refractivity contribution is 0.287. The van der Waals surface area contributed by atoms with Gasteiger partial charge < -0.3 is 5.11 Å². The van der Waals surface area contributed by atoms with Crippen LogP contribution in [0.5, 0.6) is 0 Å². The molecule has 0 saturated carbocycles. The lowest BCUT2D eigenvalue weighted by Crippen LogP contribution is -2.00. The van der Waals surface area contributed by atoms with Crippen LogP contribution in [-0.2, 0) is 6.42 Å². The Balaban J connectivity index is 2.56. The van der Waals surface area contributed by atoms with E-state index in [1.54, 1.807) is 6.20 Å². The van der Waals surface area contributed by atoms with E-state index in [-0.39, 0.29) is 6.61 Å². The Morgan fingerprint density at radius 2 is 2.36 bits per heavy atom. The molecule has 0 aliphatic rings. The van der Waals surface area contributed by atoms with Crippen LogP contribution in [0.2, 0.25) is 0 Å². The summed E-state index contributed by atoms with van der Waals surface area (Å²) in [4.78, 5) is 4.13. The Labute approximate surface area is 65.3 Å². The van der Waals surface area contributed by atoms with Gasteiger partial charge in [0, 0.05) is 13.0 Å². The van der Waals surface area contributed by atoms with Crippen molar-refractivity contribution in [2.24, 2.45) is 0 Å². The van der Waals surface area contributed by atoms with Gasteiger partial charge >= 0.3 is 0 Å². The minimum atomic E-state index is 0.178. The first-order chi connectivity index (χ1) is 5.33. The summed E-state index contributed by atoms with van der Waals surface area (Å²) < 4.78 is 0. The van der Waals surface area contributed by atoms with Gasteiger partial charge in [-0.05, 0) is 13.3 Å². The molecule has 0 saturated heterocycles. The van der Waals surface area contributed by atoms with Crippen molar-refractivity contribution in [3.63, 3.8) is 0 Å². The fraction of sp³-hybridized carbons (Fsp3) is 0.571. The molecular weight excluding hydrogens is 142 g/mol. The first-order valence-corrected chi connectivity index (χ1v) is 3.59. The zero-order chi connectivity index (χ0) is 8.10. The topological polar surface area (TPSA) is 58.9 Å². The Morgan fingerprint density at radius 1 is 1.55 bits per heavy atom. The van der Waals surface area contributed by atoms with Gasteiger partial charge in [0.15, 0.2) is 5.82 Å². The molecule has 1 aromatic heterocycles. The average molecular weight is 153 g/mol. The van der Waals surface area contributed by atoms with Crippen molar-refractivity contribution in [3.05, 3.63) is 17.7 Å². The monoisotopic (exact) mass is 153 g/mol. The lowest BCUT2D eigenvalue weighted by atomic mass is 10.3. The SMILES string of the molecule is Cc1cnnc(CCCO)n1. The van der Waals surface area contributed by atoms with Crippen LogP contribution in [0.25, 0.3) is 0 Å². The summed E-state index contributed by atoms with van der Waals surface area (Å²) in [5.74, 6) is 0.707. The summed E-state index contributed by atoms with van der Waals surface area (Å²) in [7, 11) is 0. The second kappa shape index (κ2) is 3.98. The van der Waals surface area contributed by atoms with Crippen LogP contribution in [-0.4, -0.2) is 26.9 Å². The van der Waals surface area contributed by atoms with Gasteiger partial charge in [-0.1, -0.05) is 0 Å². The van der Waals surface area contributed by atoms with Crippen LogP contribution >= 0.6 is 0 Å². The highest BCUT2D eigenvalue weighted by Gasteiger charge is 1.95. The maximum atomic E-state index is 8.52. The third-order valence-corrected chi connectivity index (χ3v) is 1.28. The van der Waals surface area contributed by atoms with Crippen LogP contribution in [0.1, 0.15) is 17.9 Å². The molecule has 1 heterocycles. The molecule has 1 N–H and O–H groups in total. The molecule has 0 atom stereocenters. The normalized spacial score (nSPS) is 10.0. The van der Waals surface area contributed by atoms with Crippen LogP contribution in [0.15, 0.2) is 6.20 Å². The summed E-state index contributed by atoms with van der Waals surface area (Å²) >= 11 is 0. The molecule has 0 fully saturated rings. The number of rotatable bonds is 3. The van der Waals surface area contributed by atoms with Crippen LogP contribution in [0, 0.1) is 6.92 Å². The molecule has 0 aliphatic carbocycles. The van der Waals surface area contributed by atoms with Crippen molar-refractivity contribution >= 4 is 0 Å². The number of aryl methyl sites for hydroxylation is 2. The Hall–Kier alpha value is -1.03. The molecule has 4 heteroatoms. The summed E-state index contributed by atoms with van der Waals surface area (Å²) in [5.41, 5.74) is 0.868. The fourth-order valence-electron chi connectivity index (χ4n) is 0.777. The largest absolute Gasteiger partial charge is 0.396 e. The Bertz CT molecular complexity index is 227. The van der Waals surface area contributed by atoms with E-state index in [0.29, 0.717) is 18.7 Å². The summed E-state index contributed by atoms with van der Waals surface area (Å²) in [6, 6.07) is 0. The van der Waals surface area contributed by atoms with Crippen molar-refractivity contribution in [1.29, 1.82) is 0 Å². The second-order valence-electron chi connectivity index (χ2n) is 2.34. The first-order valence-electron chi connectivity index (χ1n) is 3.59. The second-order valence-corrected chi connectivity index (χ2v) is 2.34. The zero-order valence-electron chi connectivity index (χ0n) is 6.49. The molecule has 0 aliphatic heterocycles. The standard InChI is InChI=1S/C7H11N3O/c1-6-5-8-10-7(9-6)3-2-4-11/h5,11H,2-4H2,1H3. The number of nitrogens with zero attached hydrogens (tertiary/aromatic N) is 3. The third-order valence-electron chi connectivity index (χ3n) is 1.28. The zero-order valence-corrected chi connectivity index (χ0v) is 6.49. The van der Waals surface area contributed by atoms with Gasteiger partial charge in [0.25, 0.3) is 0 Å². The van der Waals surface area contributed by atoms with Gasteiger partial charge in [0.1, 0.15) is 0 Å². The van der Waals surface area contributed by atoms with E-state index >= 15 is 0 Å². The molecule has 0 unspecified atom stereocenters. The minimum absolute atomic E-state index is 0.178. The maximum absolute atomic E-state index is 8.52. The molecule has 0 aromatic carbocycles. The van der Waals surface area contributed by atoms with E-state index < -0.39 is 0 Å². The van der Waals surface area contributed by atoms with Gasteiger partial charge in [-0.25, -0.2) is 4.98 Å². The highest BCUT2D eigenvalue weighted by atomic mass is 16.2. The van der Waals surface area contributed by atoms with Crippen LogP contribution < -0.4 is 0 Å². The molecule has 1 rings (SSSR count). The number of aliphatic hydroxyl groups is 1. The maximum Gasteiger partial charge on any atom is 0.151 e. The summed E-state index contributed by atoms with van der Waals surface area (Å²) in [6.07, 6.45) is 3.01. The predicted molar refractivity (Wildman–Crippen MR) is 40.0 cm³/mol. The fourth-order valence-corrected chi connectivity index (χ4v) is 0.777. The molecule has 60 valence electrons. The van der Waals surface area contributed by atoms with E-state index in [2.05, 4.69) is 15.2 Å². The average Bonchev–Trinajstić information content (AvgIpc) is 2.01. The van der Waals surface area contributed by atoms with Gasteiger partial charge in [-0.3, -0.25) is 0 Å². The number of hydrogen-bond donors (Lipinski definition) is 1. The lowest BCUT2D eigenvalue weighted by Gasteiger charge is -1.96. The van der Waals surface area contributed by atoms with E-state index in [1.165, 1.54) is 0 Å². The van der Waals surface area contributed by atoms with Gasteiger partial charge in [-0.15, -0.1) is 5.10 Å². The number of aromatic nitrogens is 3. The number of hydrogen-bond acceptors (Lipinski definition) is 4. The number of aliphatic hydroxyl groups excluding tert-OH is 1. The molecule has 1 aromatic rings. The van der Waals surface area contributed by atoms with E-state index in [0.717, 1.165) is 5.69 Å². The quantitative estimate of drug-likeness (QED) is 0.669. The summed E-state index contributed by atoms with van der Waals surface area (Å²) in [5, 5.41) is 16.1.